The summed E-state index contributed by atoms with van der Waals surface area (Å²) in [5, 5.41) is 0.735. The molecular formula is C10H15BrN2O2. The molecule has 2 amide bonds. The highest BCUT2D eigenvalue weighted by Crippen LogP contribution is 2.22. The Morgan fingerprint density at radius 3 is 2.87 bits per heavy atom. The second kappa shape index (κ2) is 4.51. The lowest BCUT2D eigenvalue weighted by molar-refractivity contribution is -0.157. The van der Waals surface area contributed by atoms with Crippen molar-refractivity contribution in [3.05, 3.63) is 0 Å². The second-order valence-electron chi connectivity index (χ2n) is 4.05. The lowest BCUT2D eigenvalue weighted by atomic mass is 9.98. The van der Waals surface area contributed by atoms with E-state index in [9.17, 15) is 9.59 Å². The Hall–Kier alpha value is -0.580. The van der Waals surface area contributed by atoms with Crippen LogP contribution in [0.4, 0.5) is 0 Å². The molecule has 2 rings (SSSR count). The fourth-order valence-corrected chi connectivity index (χ4v) is 2.75. The van der Waals surface area contributed by atoms with Gasteiger partial charge >= 0.3 is 0 Å². The minimum atomic E-state index is -0.168. The Morgan fingerprint density at radius 1 is 1.33 bits per heavy atom. The summed E-state index contributed by atoms with van der Waals surface area (Å²) in [6, 6.07) is -0.168. The van der Waals surface area contributed by atoms with Crippen molar-refractivity contribution < 1.29 is 9.59 Å². The van der Waals surface area contributed by atoms with E-state index in [1.807, 2.05) is 0 Å². The molecule has 84 valence electrons. The van der Waals surface area contributed by atoms with Crippen molar-refractivity contribution in [2.24, 2.45) is 0 Å². The molecule has 0 aliphatic carbocycles. The summed E-state index contributed by atoms with van der Waals surface area (Å²) in [5.74, 6) is 0.244. The van der Waals surface area contributed by atoms with Crippen LogP contribution in [0.3, 0.4) is 0 Å². The van der Waals surface area contributed by atoms with E-state index >= 15 is 0 Å². The number of carbonyl (C=O) groups excluding carboxylic acids is 2. The van der Waals surface area contributed by atoms with Crippen LogP contribution in [0.2, 0.25) is 0 Å². The van der Waals surface area contributed by atoms with Gasteiger partial charge in [0.05, 0.1) is 6.54 Å². The lowest BCUT2D eigenvalue weighted by Gasteiger charge is -2.42. The molecule has 0 aromatic heterocycles. The van der Waals surface area contributed by atoms with Gasteiger partial charge in [0.1, 0.15) is 6.04 Å². The maximum Gasteiger partial charge on any atom is 0.245 e. The fraction of sp³-hybridized carbons (Fsp3) is 0.800. The highest BCUT2D eigenvalue weighted by Gasteiger charge is 2.39. The first-order valence-electron chi connectivity index (χ1n) is 5.38. The number of halogens is 1. The summed E-state index contributed by atoms with van der Waals surface area (Å²) in [5.41, 5.74) is 0. The first-order valence-corrected chi connectivity index (χ1v) is 6.50. The van der Waals surface area contributed by atoms with Gasteiger partial charge in [-0.2, -0.15) is 0 Å². The van der Waals surface area contributed by atoms with Crippen LogP contribution in [0.5, 0.6) is 0 Å². The monoisotopic (exact) mass is 274 g/mol. The second-order valence-corrected chi connectivity index (χ2v) is 4.84. The van der Waals surface area contributed by atoms with E-state index in [4.69, 9.17) is 0 Å². The van der Waals surface area contributed by atoms with Crippen molar-refractivity contribution in [1.29, 1.82) is 0 Å². The van der Waals surface area contributed by atoms with Crippen molar-refractivity contribution in [2.75, 3.05) is 25.0 Å². The van der Waals surface area contributed by atoms with Gasteiger partial charge < -0.3 is 9.80 Å². The van der Waals surface area contributed by atoms with E-state index < -0.39 is 0 Å². The molecule has 2 fully saturated rings. The maximum absolute atomic E-state index is 12.0. The van der Waals surface area contributed by atoms with Crippen LogP contribution in [0.25, 0.3) is 0 Å². The van der Waals surface area contributed by atoms with Crippen LogP contribution in [0.15, 0.2) is 0 Å². The SMILES string of the molecule is O=C1C2CCCCN2C(=O)CN1CCBr. The van der Waals surface area contributed by atoms with Crippen molar-refractivity contribution in [1.82, 2.24) is 9.80 Å². The third-order valence-electron chi connectivity index (χ3n) is 3.10. The maximum atomic E-state index is 12.0. The first kappa shape index (κ1) is 10.9. The molecule has 15 heavy (non-hydrogen) atoms. The van der Waals surface area contributed by atoms with Gasteiger partial charge in [-0.1, -0.05) is 15.9 Å². The molecule has 0 radical (unpaired) electrons. The zero-order valence-electron chi connectivity index (χ0n) is 8.62. The minimum absolute atomic E-state index is 0.111. The van der Waals surface area contributed by atoms with Crippen molar-refractivity contribution in [2.45, 2.75) is 25.3 Å². The predicted octanol–water partition coefficient (Wildman–Crippen LogP) is 0.605. The molecule has 0 spiro atoms. The lowest BCUT2D eigenvalue weighted by Crippen LogP contribution is -2.61. The number of nitrogens with zero attached hydrogens (tertiary/aromatic N) is 2. The van der Waals surface area contributed by atoms with Gasteiger partial charge in [-0.05, 0) is 19.3 Å². The molecule has 2 heterocycles. The average molecular weight is 275 g/mol. The number of amides is 2. The van der Waals surface area contributed by atoms with E-state index in [1.54, 1.807) is 9.80 Å². The largest absolute Gasteiger partial charge is 0.331 e. The van der Waals surface area contributed by atoms with E-state index in [-0.39, 0.29) is 24.4 Å². The highest BCUT2D eigenvalue weighted by molar-refractivity contribution is 9.09. The van der Waals surface area contributed by atoms with Gasteiger partial charge in [0.2, 0.25) is 11.8 Å². The van der Waals surface area contributed by atoms with Crippen LogP contribution in [-0.2, 0) is 9.59 Å². The van der Waals surface area contributed by atoms with Crippen molar-refractivity contribution in [3.8, 4) is 0 Å². The van der Waals surface area contributed by atoms with Gasteiger partial charge in [0.25, 0.3) is 0 Å². The van der Waals surface area contributed by atoms with Gasteiger partial charge in [-0.3, -0.25) is 9.59 Å². The van der Waals surface area contributed by atoms with E-state index in [0.717, 1.165) is 31.1 Å². The molecule has 2 aliphatic rings. The topological polar surface area (TPSA) is 40.6 Å². The predicted molar refractivity (Wildman–Crippen MR) is 59.7 cm³/mol. The number of carbonyl (C=O) groups is 2. The Kier molecular flexibility index (Phi) is 3.29. The first-order chi connectivity index (χ1) is 7.24. The summed E-state index contributed by atoms with van der Waals surface area (Å²) < 4.78 is 0. The summed E-state index contributed by atoms with van der Waals surface area (Å²) in [6.45, 7) is 1.66. The molecule has 0 saturated carbocycles. The average Bonchev–Trinajstić information content (AvgIpc) is 2.26. The Bertz CT molecular complexity index is 283. The number of fused-ring (bicyclic) bond motifs is 1. The Morgan fingerprint density at radius 2 is 2.13 bits per heavy atom. The summed E-state index contributed by atoms with van der Waals surface area (Å²) >= 11 is 3.30. The number of alkyl halides is 1. The number of rotatable bonds is 2. The third kappa shape index (κ3) is 2.02. The zero-order chi connectivity index (χ0) is 10.8. The molecule has 0 N–H and O–H groups in total. The quantitative estimate of drug-likeness (QED) is 0.693. The standard InChI is InChI=1S/C10H15BrN2O2/c11-4-6-12-7-9(14)13-5-2-1-3-8(13)10(12)15/h8H,1-7H2. The van der Waals surface area contributed by atoms with Gasteiger partial charge in [-0.25, -0.2) is 0 Å². The molecule has 0 bridgehead atoms. The molecule has 2 saturated heterocycles. The molecule has 0 aromatic rings. The fourth-order valence-electron chi connectivity index (χ4n) is 2.32. The van der Waals surface area contributed by atoms with Crippen LogP contribution in [-0.4, -0.2) is 52.6 Å². The van der Waals surface area contributed by atoms with E-state index in [1.165, 1.54) is 0 Å². The molecule has 1 unspecified atom stereocenters. The third-order valence-corrected chi connectivity index (χ3v) is 3.46. The molecule has 5 heteroatoms. The molecule has 4 nitrogen and oxygen atoms in total. The van der Waals surface area contributed by atoms with Crippen LogP contribution in [0, 0.1) is 0 Å². The van der Waals surface area contributed by atoms with E-state index in [0.29, 0.717) is 6.54 Å². The Labute approximate surface area is 97.7 Å². The molecule has 1 atom stereocenters. The van der Waals surface area contributed by atoms with Crippen LogP contribution >= 0.6 is 15.9 Å². The molecular weight excluding hydrogens is 260 g/mol. The van der Waals surface area contributed by atoms with Gasteiger partial charge in [0, 0.05) is 18.4 Å². The van der Waals surface area contributed by atoms with Crippen LogP contribution < -0.4 is 0 Å². The van der Waals surface area contributed by atoms with Crippen molar-refractivity contribution in [3.63, 3.8) is 0 Å². The number of piperidine rings is 1. The summed E-state index contributed by atoms with van der Waals surface area (Å²) in [7, 11) is 0. The summed E-state index contributed by atoms with van der Waals surface area (Å²) in [4.78, 5) is 27.2. The normalized spacial score (nSPS) is 26.9. The smallest absolute Gasteiger partial charge is 0.245 e. The highest BCUT2D eigenvalue weighted by atomic mass is 79.9. The number of hydrogen-bond donors (Lipinski definition) is 0. The molecule has 2 aliphatic heterocycles. The van der Waals surface area contributed by atoms with Crippen LogP contribution in [0.1, 0.15) is 19.3 Å². The number of hydrogen-bond acceptors (Lipinski definition) is 2. The number of piperazine rings is 1. The van der Waals surface area contributed by atoms with E-state index in [2.05, 4.69) is 15.9 Å². The Balaban J connectivity index is 2.11. The molecule has 0 aromatic carbocycles. The van der Waals surface area contributed by atoms with Gasteiger partial charge in [0.15, 0.2) is 0 Å². The van der Waals surface area contributed by atoms with Gasteiger partial charge in [-0.15, -0.1) is 0 Å². The van der Waals surface area contributed by atoms with Crippen molar-refractivity contribution >= 4 is 27.7 Å². The summed E-state index contributed by atoms with van der Waals surface area (Å²) in [6.07, 6.45) is 2.93. The minimum Gasteiger partial charge on any atom is -0.331 e. The zero-order valence-corrected chi connectivity index (χ0v) is 10.2.